The molecule has 0 aliphatic rings. The summed E-state index contributed by atoms with van der Waals surface area (Å²) in [5.74, 6) is 2.62. The van der Waals surface area contributed by atoms with Crippen LogP contribution in [-0.2, 0) is 0 Å². The summed E-state index contributed by atoms with van der Waals surface area (Å²) in [6, 6.07) is 102. The standard InChI is InChI=1S/C41H28N4.C40H27N5/c1-27-25-35(34-23-21-32-22-24-36(29-11-5-2-6-12-29)43-39(32)40(34)42-27)28-17-19-33(20-18-28)41-44-37(30-13-7-3-8-14-30)26-38(45-41)31-15-9-4-10-16-31;1-26-25-34(33-23-21-29-22-24-35(28-11-5-2-6-12-28)42-36(29)37(33)41-26)27-17-19-32(20-18-27)40-44-38(30-13-7-3-8-14-30)43-39(45-40)31-15-9-4-10-16-31/h2-26H,1H3;2-25H,1H3. The predicted molar refractivity (Wildman–Crippen MR) is 367 cm³/mol. The first-order valence-corrected chi connectivity index (χ1v) is 30.0. The molecule has 0 unspecified atom stereocenters. The van der Waals surface area contributed by atoms with Crippen LogP contribution in [0.1, 0.15) is 11.4 Å². The zero-order valence-electron chi connectivity index (χ0n) is 49.3. The summed E-state index contributed by atoms with van der Waals surface area (Å²) in [6.45, 7) is 4.09. The van der Waals surface area contributed by atoms with Gasteiger partial charge in [0.2, 0.25) is 0 Å². The molecule has 16 rings (SSSR count). The largest absolute Gasteiger partial charge is 0.251 e. The average molecular weight is 1150 g/mol. The van der Waals surface area contributed by atoms with Gasteiger partial charge in [-0.2, -0.15) is 0 Å². The van der Waals surface area contributed by atoms with Gasteiger partial charge >= 0.3 is 0 Å². The highest BCUT2D eigenvalue weighted by molar-refractivity contribution is 6.10. The third-order valence-corrected chi connectivity index (χ3v) is 16.1. The van der Waals surface area contributed by atoms with Crippen LogP contribution in [0.2, 0.25) is 0 Å². The van der Waals surface area contributed by atoms with Crippen LogP contribution in [0.3, 0.4) is 0 Å². The molecule has 424 valence electrons. The van der Waals surface area contributed by atoms with E-state index in [1.807, 2.05) is 147 Å². The van der Waals surface area contributed by atoms with E-state index < -0.39 is 0 Å². The number of rotatable bonds is 10. The van der Waals surface area contributed by atoms with Crippen molar-refractivity contribution in [2.75, 3.05) is 0 Å². The van der Waals surface area contributed by atoms with Gasteiger partial charge in [-0.3, -0.25) is 9.97 Å². The monoisotopic (exact) mass is 1150 g/mol. The number of hydrogen-bond donors (Lipinski definition) is 0. The van der Waals surface area contributed by atoms with E-state index in [9.17, 15) is 0 Å². The molecule has 0 N–H and O–H groups in total. The van der Waals surface area contributed by atoms with Crippen molar-refractivity contribution < 1.29 is 0 Å². The van der Waals surface area contributed by atoms with E-state index in [1.54, 1.807) is 0 Å². The average Bonchev–Trinajstić information content (AvgIpc) is 0.971. The van der Waals surface area contributed by atoms with E-state index >= 15 is 0 Å². The third kappa shape index (κ3) is 11.1. The quantitative estimate of drug-likeness (QED) is 0.123. The molecule has 10 aromatic carbocycles. The van der Waals surface area contributed by atoms with E-state index in [-0.39, 0.29) is 0 Å². The Morgan fingerprint density at radius 1 is 0.189 bits per heavy atom. The molecule has 0 amide bonds. The molecule has 0 spiro atoms. The zero-order valence-corrected chi connectivity index (χ0v) is 49.3. The lowest BCUT2D eigenvalue weighted by Crippen LogP contribution is -2.00. The SMILES string of the molecule is Cc1cc(-c2ccc(-c3nc(-c4ccccc4)cc(-c4ccccc4)n3)cc2)c2ccc3ccc(-c4ccccc4)nc3c2n1.Cc1cc(-c2ccc(-c3nc(-c4ccccc4)nc(-c4ccccc4)n3)cc2)c2ccc3ccc(-c4ccccc4)nc3c2n1. The Morgan fingerprint density at radius 3 is 0.811 bits per heavy atom. The first kappa shape index (κ1) is 54.6. The van der Waals surface area contributed by atoms with Crippen LogP contribution in [-0.4, -0.2) is 44.9 Å². The van der Waals surface area contributed by atoms with Crippen molar-refractivity contribution in [1.82, 2.24) is 44.9 Å². The maximum Gasteiger partial charge on any atom is 0.164 e. The molecule has 0 radical (unpaired) electrons. The van der Waals surface area contributed by atoms with Crippen molar-refractivity contribution in [3.8, 4) is 113 Å². The van der Waals surface area contributed by atoms with Crippen molar-refractivity contribution in [3.63, 3.8) is 0 Å². The van der Waals surface area contributed by atoms with Gasteiger partial charge in [-0.1, -0.05) is 267 Å². The van der Waals surface area contributed by atoms with Crippen molar-refractivity contribution in [3.05, 3.63) is 309 Å². The highest BCUT2D eigenvalue weighted by atomic mass is 15.0. The summed E-state index contributed by atoms with van der Waals surface area (Å²) in [6.07, 6.45) is 0. The van der Waals surface area contributed by atoms with Crippen LogP contribution in [0.5, 0.6) is 0 Å². The van der Waals surface area contributed by atoms with Crippen molar-refractivity contribution >= 4 is 43.6 Å². The summed E-state index contributed by atoms with van der Waals surface area (Å²) < 4.78 is 0. The minimum absolute atomic E-state index is 0.633. The fraction of sp³-hybridized carbons (Fsp3) is 0.0247. The number of pyridine rings is 4. The van der Waals surface area contributed by atoms with Crippen LogP contribution in [0.25, 0.3) is 156 Å². The summed E-state index contributed by atoms with van der Waals surface area (Å²) in [5, 5.41) is 4.29. The molecule has 6 heterocycles. The molecular weight excluding hydrogens is 1100 g/mol. The fourth-order valence-electron chi connectivity index (χ4n) is 11.6. The van der Waals surface area contributed by atoms with Gasteiger partial charge in [0.05, 0.1) is 44.8 Å². The Labute approximate surface area is 520 Å². The molecule has 9 heteroatoms. The highest BCUT2D eigenvalue weighted by Gasteiger charge is 2.18. The number of aromatic nitrogens is 9. The second kappa shape index (κ2) is 24.0. The van der Waals surface area contributed by atoms with E-state index in [2.05, 4.69) is 164 Å². The molecule has 6 aromatic heterocycles. The first-order valence-electron chi connectivity index (χ1n) is 30.0. The summed E-state index contributed by atoms with van der Waals surface area (Å²) in [5.41, 5.74) is 21.7. The third-order valence-electron chi connectivity index (χ3n) is 16.1. The van der Waals surface area contributed by atoms with Gasteiger partial charge in [0.1, 0.15) is 0 Å². The maximum absolute atomic E-state index is 5.09. The highest BCUT2D eigenvalue weighted by Crippen LogP contribution is 2.38. The molecule has 0 saturated heterocycles. The van der Waals surface area contributed by atoms with Crippen LogP contribution < -0.4 is 0 Å². The number of fused-ring (bicyclic) bond motifs is 6. The van der Waals surface area contributed by atoms with Gasteiger partial charge in [-0.15, -0.1) is 0 Å². The smallest absolute Gasteiger partial charge is 0.164 e. The lowest BCUT2D eigenvalue weighted by Gasteiger charge is -2.12. The summed E-state index contributed by atoms with van der Waals surface area (Å²) in [4.78, 5) is 44.8. The van der Waals surface area contributed by atoms with Crippen LogP contribution in [0, 0.1) is 13.8 Å². The molecular formula is C81H55N9. The van der Waals surface area contributed by atoms with Gasteiger partial charge < -0.3 is 0 Å². The zero-order chi connectivity index (χ0) is 60.3. The van der Waals surface area contributed by atoms with Gasteiger partial charge in [0.15, 0.2) is 23.3 Å². The predicted octanol–water partition coefficient (Wildman–Crippen LogP) is 19.8. The molecule has 0 atom stereocenters. The molecule has 0 saturated carbocycles. The minimum atomic E-state index is 0.633. The first-order chi connectivity index (χ1) is 44.4. The molecule has 9 nitrogen and oxygen atoms in total. The molecule has 0 aliphatic carbocycles. The Morgan fingerprint density at radius 2 is 0.467 bits per heavy atom. The van der Waals surface area contributed by atoms with Crippen molar-refractivity contribution in [2.45, 2.75) is 13.8 Å². The molecule has 0 fully saturated rings. The molecule has 0 bridgehead atoms. The second-order valence-electron chi connectivity index (χ2n) is 22.2. The lowest BCUT2D eigenvalue weighted by molar-refractivity contribution is 1.07. The van der Waals surface area contributed by atoms with Crippen molar-refractivity contribution in [2.24, 2.45) is 0 Å². The van der Waals surface area contributed by atoms with E-state index in [0.717, 1.165) is 145 Å². The maximum atomic E-state index is 5.09. The normalized spacial score (nSPS) is 11.2. The number of hydrogen-bond acceptors (Lipinski definition) is 9. The number of nitrogens with zero attached hydrogens (tertiary/aromatic N) is 9. The van der Waals surface area contributed by atoms with Crippen molar-refractivity contribution in [1.29, 1.82) is 0 Å². The molecule has 0 aliphatic heterocycles. The Bertz CT molecular complexity index is 4820. The summed E-state index contributed by atoms with van der Waals surface area (Å²) >= 11 is 0. The number of aryl methyl sites for hydroxylation is 2. The van der Waals surface area contributed by atoms with Crippen LogP contribution in [0.4, 0.5) is 0 Å². The van der Waals surface area contributed by atoms with E-state index in [1.165, 1.54) is 0 Å². The molecule has 16 aromatic rings. The Hall–Kier alpha value is -12.1. The fourth-order valence-corrected chi connectivity index (χ4v) is 11.6. The van der Waals surface area contributed by atoms with Crippen LogP contribution >= 0.6 is 0 Å². The van der Waals surface area contributed by atoms with E-state index in [0.29, 0.717) is 23.3 Å². The Kier molecular flexibility index (Phi) is 14.6. The van der Waals surface area contributed by atoms with Gasteiger partial charge in [-0.05, 0) is 66.4 Å². The van der Waals surface area contributed by atoms with Gasteiger partial charge in [0.25, 0.3) is 0 Å². The van der Waals surface area contributed by atoms with Gasteiger partial charge in [-0.25, -0.2) is 34.9 Å². The van der Waals surface area contributed by atoms with Gasteiger partial charge in [0, 0.05) is 77.4 Å². The molecule has 90 heavy (non-hydrogen) atoms. The second-order valence-corrected chi connectivity index (χ2v) is 22.2. The minimum Gasteiger partial charge on any atom is -0.251 e. The van der Waals surface area contributed by atoms with E-state index in [4.69, 9.17) is 44.9 Å². The Balaban J connectivity index is 0.000000150. The van der Waals surface area contributed by atoms with Crippen LogP contribution in [0.15, 0.2) is 297 Å². The number of benzene rings is 10. The summed E-state index contributed by atoms with van der Waals surface area (Å²) in [7, 11) is 0. The lowest BCUT2D eigenvalue weighted by atomic mass is 9.97. The topological polar surface area (TPSA) is 116 Å².